The summed E-state index contributed by atoms with van der Waals surface area (Å²) in [5.41, 5.74) is 4.48. The van der Waals surface area contributed by atoms with Gasteiger partial charge in [-0.25, -0.2) is 0 Å². The minimum atomic E-state index is -0.365. The molecule has 1 N–H and O–H groups in total. The Bertz CT molecular complexity index is 763. The molecule has 0 bridgehead atoms. The summed E-state index contributed by atoms with van der Waals surface area (Å²) in [5.74, 6) is 0. The van der Waals surface area contributed by atoms with Gasteiger partial charge in [0, 0.05) is 0 Å². The van der Waals surface area contributed by atoms with Gasteiger partial charge in [-0.1, -0.05) is 90.5 Å². The molecule has 0 radical (unpaired) electrons. The van der Waals surface area contributed by atoms with Crippen LogP contribution in [0.25, 0.3) is 0 Å². The molecule has 0 saturated heterocycles. The lowest BCUT2D eigenvalue weighted by Gasteiger charge is -2.23. The Hall–Kier alpha value is -2.89. The van der Waals surface area contributed by atoms with Gasteiger partial charge in [-0.05, 0) is 23.6 Å². The molecule has 0 saturated carbocycles. The summed E-state index contributed by atoms with van der Waals surface area (Å²) in [5, 5.41) is 13.2. The van der Waals surface area contributed by atoms with Crippen molar-refractivity contribution in [1.29, 1.82) is 5.26 Å². The van der Waals surface area contributed by atoms with E-state index in [0.717, 1.165) is 16.7 Å². The number of benzene rings is 3. The van der Waals surface area contributed by atoms with Gasteiger partial charge in [0.15, 0.2) is 0 Å². The lowest BCUT2D eigenvalue weighted by atomic mass is 9.96. The zero-order valence-corrected chi connectivity index (χ0v) is 13.7. The molecule has 0 unspecified atom stereocenters. The third-order valence-corrected chi connectivity index (χ3v) is 4.14. The van der Waals surface area contributed by atoms with Crippen LogP contribution in [-0.4, -0.2) is 0 Å². The van der Waals surface area contributed by atoms with Crippen molar-refractivity contribution in [2.24, 2.45) is 0 Å². The van der Waals surface area contributed by atoms with Crippen LogP contribution in [0.3, 0.4) is 0 Å². The Kier molecular flexibility index (Phi) is 5.05. The van der Waals surface area contributed by atoms with E-state index in [4.69, 9.17) is 0 Å². The minimum absolute atomic E-state index is 0.0293. The first-order valence-corrected chi connectivity index (χ1v) is 8.10. The Labute approximate surface area is 143 Å². The minimum Gasteiger partial charge on any atom is -0.287 e. The Balaban J connectivity index is 1.94. The van der Waals surface area contributed by atoms with Crippen molar-refractivity contribution in [3.8, 4) is 6.07 Å². The molecule has 0 spiro atoms. The molecule has 0 aliphatic heterocycles. The van der Waals surface area contributed by atoms with Gasteiger partial charge < -0.3 is 0 Å². The molecule has 3 aromatic rings. The first kappa shape index (κ1) is 16.0. The van der Waals surface area contributed by atoms with Gasteiger partial charge in [0.25, 0.3) is 0 Å². The number of rotatable bonds is 5. The van der Waals surface area contributed by atoms with Crippen LogP contribution in [0.5, 0.6) is 0 Å². The van der Waals surface area contributed by atoms with Crippen LogP contribution in [0.2, 0.25) is 0 Å². The number of hydrogen-bond acceptors (Lipinski definition) is 2. The summed E-state index contributed by atoms with van der Waals surface area (Å²) in [6.45, 7) is 2.05. The number of nitriles is 1. The highest BCUT2D eigenvalue weighted by molar-refractivity contribution is 5.34. The summed E-state index contributed by atoms with van der Waals surface area (Å²) in [6, 6.07) is 30.6. The average Bonchev–Trinajstić information content (AvgIpc) is 2.65. The van der Waals surface area contributed by atoms with E-state index in [9.17, 15) is 5.26 Å². The SMILES string of the molecule is Cc1ccc([C@H](C#N)NC(c2ccccc2)c2ccccc2)cc1. The Morgan fingerprint density at radius 3 is 1.67 bits per heavy atom. The van der Waals surface area contributed by atoms with Gasteiger partial charge in [-0.15, -0.1) is 0 Å². The molecular formula is C22H20N2. The van der Waals surface area contributed by atoms with Crippen LogP contribution in [0.15, 0.2) is 84.9 Å². The summed E-state index contributed by atoms with van der Waals surface area (Å²) in [7, 11) is 0. The summed E-state index contributed by atoms with van der Waals surface area (Å²) < 4.78 is 0. The quantitative estimate of drug-likeness (QED) is 0.724. The number of nitrogens with zero attached hydrogens (tertiary/aromatic N) is 1. The van der Waals surface area contributed by atoms with E-state index < -0.39 is 0 Å². The molecule has 3 rings (SSSR count). The Morgan fingerprint density at radius 2 is 1.21 bits per heavy atom. The predicted molar refractivity (Wildman–Crippen MR) is 97.4 cm³/mol. The van der Waals surface area contributed by atoms with Crippen LogP contribution >= 0.6 is 0 Å². The molecule has 0 aliphatic rings. The maximum Gasteiger partial charge on any atom is 0.122 e. The van der Waals surface area contributed by atoms with E-state index >= 15 is 0 Å². The van der Waals surface area contributed by atoms with E-state index in [0.29, 0.717) is 0 Å². The van der Waals surface area contributed by atoms with E-state index in [1.54, 1.807) is 0 Å². The first-order chi connectivity index (χ1) is 11.8. The van der Waals surface area contributed by atoms with Crippen molar-refractivity contribution in [2.75, 3.05) is 0 Å². The maximum absolute atomic E-state index is 9.68. The maximum atomic E-state index is 9.68. The summed E-state index contributed by atoms with van der Waals surface area (Å²) in [4.78, 5) is 0. The van der Waals surface area contributed by atoms with Crippen LogP contribution in [0, 0.1) is 18.3 Å². The van der Waals surface area contributed by atoms with Gasteiger partial charge in [-0.3, -0.25) is 5.32 Å². The van der Waals surface area contributed by atoms with Gasteiger partial charge in [-0.2, -0.15) is 5.26 Å². The topological polar surface area (TPSA) is 35.8 Å². The molecule has 3 aromatic carbocycles. The fourth-order valence-electron chi connectivity index (χ4n) is 2.81. The smallest absolute Gasteiger partial charge is 0.122 e. The highest BCUT2D eigenvalue weighted by atomic mass is 15.0. The number of aryl methyl sites for hydroxylation is 1. The van der Waals surface area contributed by atoms with Gasteiger partial charge in [0.1, 0.15) is 6.04 Å². The van der Waals surface area contributed by atoms with E-state index in [1.807, 2.05) is 60.7 Å². The zero-order valence-electron chi connectivity index (χ0n) is 13.7. The molecule has 118 valence electrons. The first-order valence-electron chi connectivity index (χ1n) is 8.10. The standard InChI is InChI=1S/C22H20N2/c1-17-12-14-18(15-13-17)21(16-23)24-22(19-8-4-2-5-9-19)20-10-6-3-7-11-20/h2-15,21-22,24H,1H3/t21-/m0/s1. The van der Waals surface area contributed by atoms with Crippen LogP contribution in [0.1, 0.15) is 34.3 Å². The fraction of sp³-hybridized carbons (Fsp3) is 0.136. The third kappa shape index (κ3) is 3.71. The highest BCUT2D eigenvalue weighted by Gasteiger charge is 2.19. The third-order valence-electron chi connectivity index (χ3n) is 4.14. The van der Waals surface area contributed by atoms with Gasteiger partial charge in [0.05, 0.1) is 12.1 Å². The predicted octanol–water partition coefficient (Wildman–Crippen LogP) is 4.94. The average molecular weight is 312 g/mol. The number of hydrogen-bond donors (Lipinski definition) is 1. The lowest BCUT2D eigenvalue weighted by Crippen LogP contribution is -2.26. The largest absolute Gasteiger partial charge is 0.287 e. The molecule has 2 heteroatoms. The zero-order chi connectivity index (χ0) is 16.8. The molecular weight excluding hydrogens is 292 g/mol. The molecule has 1 atom stereocenters. The normalized spacial score (nSPS) is 11.9. The van der Waals surface area contributed by atoms with Crippen molar-refractivity contribution in [3.05, 3.63) is 107 Å². The lowest BCUT2D eigenvalue weighted by molar-refractivity contribution is 0.559. The van der Waals surface area contributed by atoms with Gasteiger partial charge in [0.2, 0.25) is 0 Å². The molecule has 0 heterocycles. The van der Waals surface area contributed by atoms with Crippen LogP contribution in [-0.2, 0) is 0 Å². The van der Waals surface area contributed by atoms with Crippen molar-refractivity contribution in [1.82, 2.24) is 5.32 Å². The van der Waals surface area contributed by atoms with E-state index in [-0.39, 0.29) is 12.1 Å². The van der Waals surface area contributed by atoms with E-state index in [1.165, 1.54) is 5.56 Å². The van der Waals surface area contributed by atoms with Crippen molar-refractivity contribution >= 4 is 0 Å². The van der Waals surface area contributed by atoms with Gasteiger partial charge >= 0.3 is 0 Å². The van der Waals surface area contributed by atoms with Crippen molar-refractivity contribution in [3.63, 3.8) is 0 Å². The second-order valence-corrected chi connectivity index (χ2v) is 5.89. The second kappa shape index (κ2) is 7.59. The van der Waals surface area contributed by atoms with Crippen LogP contribution in [0.4, 0.5) is 0 Å². The monoisotopic (exact) mass is 312 g/mol. The van der Waals surface area contributed by atoms with Crippen molar-refractivity contribution in [2.45, 2.75) is 19.0 Å². The van der Waals surface area contributed by atoms with Crippen molar-refractivity contribution < 1.29 is 0 Å². The van der Waals surface area contributed by atoms with E-state index in [2.05, 4.69) is 42.6 Å². The summed E-state index contributed by atoms with van der Waals surface area (Å²) >= 11 is 0. The molecule has 24 heavy (non-hydrogen) atoms. The molecule has 0 aliphatic carbocycles. The molecule has 2 nitrogen and oxygen atoms in total. The highest BCUT2D eigenvalue weighted by Crippen LogP contribution is 2.26. The molecule has 0 aromatic heterocycles. The Morgan fingerprint density at radius 1 is 0.708 bits per heavy atom. The number of nitrogens with one attached hydrogen (secondary N) is 1. The molecule has 0 fully saturated rings. The fourth-order valence-corrected chi connectivity index (χ4v) is 2.81. The summed E-state index contributed by atoms with van der Waals surface area (Å²) in [6.07, 6.45) is 0. The second-order valence-electron chi connectivity index (χ2n) is 5.89. The van der Waals surface area contributed by atoms with Crippen LogP contribution < -0.4 is 5.32 Å². The molecule has 0 amide bonds.